The maximum Gasteiger partial charge on any atom is 0.282 e. The smallest absolute Gasteiger partial charge is 0.282 e. The molecule has 1 saturated heterocycles. The molecule has 1 aliphatic heterocycles. The summed E-state index contributed by atoms with van der Waals surface area (Å²) < 4.78 is 26.9. The van der Waals surface area contributed by atoms with Crippen LogP contribution in [0.3, 0.4) is 0 Å². The van der Waals surface area contributed by atoms with Crippen LogP contribution < -0.4 is 4.90 Å². The van der Waals surface area contributed by atoms with Gasteiger partial charge in [0.2, 0.25) is 0 Å². The van der Waals surface area contributed by atoms with Crippen molar-refractivity contribution in [2.24, 2.45) is 0 Å². The maximum atomic E-state index is 13.1. The highest BCUT2D eigenvalue weighted by Gasteiger charge is 2.28. The van der Waals surface area contributed by atoms with E-state index in [1.54, 1.807) is 6.07 Å². The zero-order valence-corrected chi connectivity index (χ0v) is 13.6. The molecule has 1 aliphatic rings. The van der Waals surface area contributed by atoms with E-state index in [2.05, 4.69) is 46.6 Å². The third-order valence-electron chi connectivity index (χ3n) is 3.64. The predicted molar refractivity (Wildman–Crippen MR) is 80.4 cm³/mol. The lowest BCUT2D eigenvalue weighted by Crippen LogP contribution is -2.53. The molecule has 0 bridgehead atoms. The molecule has 2 heterocycles. The number of rotatable bonds is 2. The lowest BCUT2D eigenvalue weighted by molar-refractivity contribution is 0.126. The molecule has 0 aromatic carbocycles. The van der Waals surface area contributed by atoms with Gasteiger partial charge in [0.1, 0.15) is 5.69 Å². The minimum atomic E-state index is -2.54. The summed E-state index contributed by atoms with van der Waals surface area (Å²) in [4.78, 5) is 8.24. The fourth-order valence-electron chi connectivity index (χ4n) is 2.48. The molecule has 20 heavy (non-hydrogen) atoms. The molecule has 0 N–H and O–H groups in total. The van der Waals surface area contributed by atoms with Crippen molar-refractivity contribution in [3.63, 3.8) is 0 Å². The summed E-state index contributed by atoms with van der Waals surface area (Å²) in [7, 11) is 0. The highest BCUT2D eigenvalue weighted by Crippen LogP contribution is 2.31. The molecule has 112 valence electrons. The van der Waals surface area contributed by atoms with Crippen molar-refractivity contribution in [2.45, 2.75) is 32.7 Å². The van der Waals surface area contributed by atoms with Crippen LogP contribution in [0.5, 0.6) is 0 Å². The molecule has 6 heteroatoms. The van der Waals surface area contributed by atoms with E-state index in [0.29, 0.717) is 5.69 Å². The summed E-state index contributed by atoms with van der Waals surface area (Å²) in [6, 6.07) is 1.74. The predicted octanol–water partition coefficient (Wildman–Crippen LogP) is 3.70. The fraction of sp³-hybridized carbons (Fsp3) is 0.643. The molecule has 0 radical (unpaired) electrons. The second-order valence-corrected chi connectivity index (χ2v) is 6.92. The number of pyridine rings is 1. The first kappa shape index (κ1) is 15.6. The van der Waals surface area contributed by atoms with E-state index in [4.69, 9.17) is 0 Å². The third-order valence-corrected chi connectivity index (χ3v) is 4.07. The SMILES string of the molecule is CC(C)(C)N1CCN(c2cc(Br)cnc2C(F)F)CC1. The Bertz CT molecular complexity index is 466. The van der Waals surface area contributed by atoms with Crippen molar-refractivity contribution < 1.29 is 8.78 Å². The number of piperazine rings is 1. The van der Waals surface area contributed by atoms with Gasteiger partial charge < -0.3 is 4.90 Å². The van der Waals surface area contributed by atoms with Crippen molar-refractivity contribution >= 4 is 21.6 Å². The molecule has 0 amide bonds. The summed E-state index contributed by atoms with van der Waals surface area (Å²) in [5.74, 6) is 0. The molecule has 0 atom stereocenters. The lowest BCUT2D eigenvalue weighted by atomic mass is 10.0. The number of hydrogen-bond donors (Lipinski definition) is 0. The van der Waals surface area contributed by atoms with Gasteiger partial charge in [-0.3, -0.25) is 9.88 Å². The molecule has 1 aromatic heterocycles. The van der Waals surface area contributed by atoms with Crippen molar-refractivity contribution in [3.8, 4) is 0 Å². The Kier molecular flexibility index (Phi) is 4.64. The zero-order chi connectivity index (χ0) is 14.9. The molecule has 3 nitrogen and oxygen atoms in total. The van der Waals surface area contributed by atoms with Crippen molar-refractivity contribution in [1.29, 1.82) is 0 Å². The van der Waals surface area contributed by atoms with E-state index in [1.807, 2.05) is 4.90 Å². The highest BCUT2D eigenvalue weighted by molar-refractivity contribution is 9.10. The van der Waals surface area contributed by atoms with Gasteiger partial charge in [-0.15, -0.1) is 0 Å². The van der Waals surface area contributed by atoms with Crippen LogP contribution in [-0.4, -0.2) is 41.6 Å². The van der Waals surface area contributed by atoms with Crippen LogP contribution in [0, 0.1) is 0 Å². The minimum absolute atomic E-state index is 0.118. The van der Waals surface area contributed by atoms with Gasteiger partial charge in [-0.05, 0) is 42.8 Å². The van der Waals surface area contributed by atoms with Gasteiger partial charge in [-0.1, -0.05) is 0 Å². The van der Waals surface area contributed by atoms with Gasteiger partial charge in [0, 0.05) is 42.4 Å². The number of alkyl halides is 2. The lowest BCUT2D eigenvalue weighted by Gasteiger charge is -2.43. The second-order valence-electron chi connectivity index (χ2n) is 6.00. The molecule has 0 unspecified atom stereocenters. The first-order chi connectivity index (χ1) is 9.29. The summed E-state index contributed by atoms with van der Waals surface area (Å²) in [6.07, 6.45) is -1.12. The quantitative estimate of drug-likeness (QED) is 0.812. The van der Waals surface area contributed by atoms with Gasteiger partial charge in [0.15, 0.2) is 0 Å². The van der Waals surface area contributed by atoms with Crippen LogP contribution in [0.25, 0.3) is 0 Å². The largest absolute Gasteiger partial charge is 0.367 e. The zero-order valence-electron chi connectivity index (χ0n) is 12.0. The Morgan fingerprint density at radius 1 is 1.20 bits per heavy atom. The second kappa shape index (κ2) is 5.93. The molecule has 1 fully saturated rings. The van der Waals surface area contributed by atoms with E-state index in [1.165, 1.54) is 6.20 Å². The van der Waals surface area contributed by atoms with Crippen molar-refractivity contribution in [1.82, 2.24) is 9.88 Å². The average molecular weight is 348 g/mol. The van der Waals surface area contributed by atoms with Gasteiger partial charge in [-0.2, -0.15) is 0 Å². The Hall–Kier alpha value is -0.750. The minimum Gasteiger partial charge on any atom is -0.367 e. The molecule has 2 rings (SSSR count). The molecule has 1 aromatic rings. The van der Waals surface area contributed by atoms with Crippen LogP contribution >= 0.6 is 15.9 Å². The number of hydrogen-bond acceptors (Lipinski definition) is 3. The summed E-state index contributed by atoms with van der Waals surface area (Å²) in [6.45, 7) is 9.76. The highest BCUT2D eigenvalue weighted by atomic mass is 79.9. The standard InChI is InChI=1S/C14H20BrF2N3/c1-14(2,3)20-6-4-19(5-7-20)11-8-10(15)9-18-12(11)13(16)17/h8-9,13H,4-7H2,1-3H3. The monoisotopic (exact) mass is 347 g/mol. The van der Waals surface area contributed by atoms with Crippen molar-refractivity contribution in [3.05, 3.63) is 22.4 Å². The Morgan fingerprint density at radius 3 is 2.30 bits per heavy atom. The number of anilines is 1. The van der Waals surface area contributed by atoms with Gasteiger partial charge in [0.05, 0.1) is 5.69 Å². The Labute approximate surface area is 127 Å². The Morgan fingerprint density at radius 2 is 1.80 bits per heavy atom. The molecular formula is C14H20BrF2N3. The first-order valence-corrected chi connectivity index (χ1v) is 7.52. The summed E-state index contributed by atoms with van der Waals surface area (Å²) >= 11 is 3.31. The summed E-state index contributed by atoms with van der Waals surface area (Å²) in [5.41, 5.74) is 0.535. The molecule has 0 spiro atoms. The first-order valence-electron chi connectivity index (χ1n) is 6.72. The van der Waals surface area contributed by atoms with Crippen LogP contribution in [0.1, 0.15) is 32.9 Å². The third kappa shape index (κ3) is 3.47. The number of halogens is 3. The van der Waals surface area contributed by atoms with Crippen LogP contribution in [0.15, 0.2) is 16.7 Å². The summed E-state index contributed by atoms with van der Waals surface area (Å²) in [5, 5.41) is 0. The molecular weight excluding hydrogens is 328 g/mol. The van der Waals surface area contributed by atoms with E-state index >= 15 is 0 Å². The Balaban J connectivity index is 2.16. The van der Waals surface area contributed by atoms with Crippen molar-refractivity contribution in [2.75, 3.05) is 31.1 Å². The van der Waals surface area contributed by atoms with Crippen LogP contribution in [0.2, 0.25) is 0 Å². The number of nitrogens with zero attached hydrogens (tertiary/aromatic N) is 3. The van der Waals surface area contributed by atoms with Gasteiger partial charge >= 0.3 is 0 Å². The number of aromatic nitrogens is 1. The van der Waals surface area contributed by atoms with E-state index in [-0.39, 0.29) is 11.2 Å². The van der Waals surface area contributed by atoms with Gasteiger partial charge in [-0.25, -0.2) is 8.78 Å². The van der Waals surface area contributed by atoms with E-state index in [9.17, 15) is 8.78 Å². The maximum absolute atomic E-state index is 13.1. The van der Waals surface area contributed by atoms with Crippen LogP contribution in [0.4, 0.5) is 14.5 Å². The van der Waals surface area contributed by atoms with Gasteiger partial charge in [0.25, 0.3) is 6.43 Å². The topological polar surface area (TPSA) is 19.4 Å². The van der Waals surface area contributed by atoms with E-state index in [0.717, 1.165) is 30.7 Å². The van der Waals surface area contributed by atoms with E-state index < -0.39 is 6.43 Å². The molecule has 0 saturated carbocycles. The normalized spacial score (nSPS) is 17.9. The fourth-order valence-corrected chi connectivity index (χ4v) is 2.80. The molecule has 0 aliphatic carbocycles. The average Bonchev–Trinajstić information content (AvgIpc) is 2.37. The van der Waals surface area contributed by atoms with Crippen LogP contribution in [-0.2, 0) is 0 Å².